The van der Waals surface area contributed by atoms with Crippen molar-refractivity contribution >= 4 is 11.4 Å². The van der Waals surface area contributed by atoms with Gasteiger partial charge in [-0.25, -0.2) is 0 Å². The molecule has 6 aromatic carbocycles. The Morgan fingerprint density at radius 3 is 1.12 bits per heavy atom. The van der Waals surface area contributed by atoms with E-state index < -0.39 is 5.41 Å². The lowest BCUT2D eigenvalue weighted by atomic mass is 9.60. The van der Waals surface area contributed by atoms with Crippen molar-refractivity contribution in [2.24, 2.45) is 0 Å². The molecule has 0 saturated carbocycles. The third kappa shape index (κ3) is 4.53. The first kappa shape index (κ1) is 25.5. The van der Waals surface area contributed by atoms with E-state index in [0.29, 0.717) is 11.4 Å². The van der Waals surface area contributed by atoms with Crippen LogP contribution in [0.4, 0.5) is 11.4 Å². The second kappa shape index (κ2) is 10.5. The highest BCUT2D eigenvalue weighted by Crippen LogP contribution is 2.51. The molecule has 0 heterocycles. The van der Waals surface area contributed by atoms with Crippen LogP contribution >= 0.6 is 0 Å². The fourth-order valence-electron chi connectivity index (χ4n) is 6.11. The zero-order valence-corrected chi connectivity index (χ0v) is 23.0. The van der Waals surface area contributed by atoms with Crippen molar-refractivity contribution in [3.8, 4) is 23.0 Å². The quantitative estimate of drug-likeness (QED) is 0.205. The van der Waals surface area contributed by atoms with Crippen LogP contribution in [0, 0.1) is 0 Å². The third-order valence-corrected chi connectivity index (χ3v) is 8.03. The molecule has 204 valence electrons. The molecule has 0 bridgehead atoms. The zero-order chi connectivity index (χ0) is 28.5. The van der Waals surface area contributed by atoms with Crippen molar-refractivity contribution in [2.75, 3.05) is 11.5 Å². The summed E-state index contributed by atoms with van der Waals surface area (Å²) in [5, 5.41) is 0. The average molecular weight is 547 g/mol. The first-order chi connectivity index (χ1) is 20.6. The first-order valence-electron chi connectivity index (χ1n) is 14.0. The van der Waals surface area contributed by atoms with Crippen LogP contribution in [0.25, 0.3) is 0 Å². The molecule has 0 radical (unpaired) electrons. The van der Waals surface area contributed by atoms with Crippen LogP contribution in [0.2, 0.25) is 0 Å². The molecule has 0 fully saturated rings. The van der Waals surface area contributed by atoms with Crippen LogP contribution in [0.5, 0.6) is 23.0 Å². The Morgan fingerprint density at radius 1 is 0.405 bits per heavy atom. The van der Waals surface area contributed by atoms with E-state index in [4.69, 9.17) is 20.9 Å². The van der Waals surface area contributed by atoms with Gasteiger partial charge in [-0.05, 0) is 113 Å². The molecular formula is C38H30N2O2. The lowest BCUT2D eigenvalue weighted by molar-refractivity contribution is 0.482. The third-order valence-electron chi connectivity index (χ3n) is 8.03. The van der Waals surface area contributed by atoms with E-state index in [-0.39, 0.29) is 0 Å². The molecule has 42 heavy (non-hydrogen) atoms. The number of nitrogens with two attached hydrogens (primary N) is 2. The van der Waals surface area contributed by atoms with Gasteiger partial charge in [0, 0.05) is 11.4 Å². The number of benzene rings is 6. The van der Waals surface area contributed by atoms with Crippen LogP contribution in [0.3, 0.4) is 0 Å². The number of anilines is 2. The predicted octanol–water partition coefficient (Wildman–Crippen LogP) is 8.72. The minimum Gasteiger partial charge on any atom is -0.457 e. The molecule has 0 atom stereocenters. The van der Waals surface area contributed by atoms with Crippen molar-refractivity contribution < 1.29 is 9.47 Å². The molecule has 0 spiro atoms. The van der Waals surface area contributed by atoms with Gasteiger partial charge < -0.3 is 20.9 Å². The van der Waals surface area contributed by atoms with E-state index in [1.165, 1.54) is 33.4 Å². The topological polar surface area (TPSA) is 70.5 Å². The van der Waals surface area contributed by atoms with Crippen LogP contribution in [0.15, 0.2) is 146 Å². The summed E-state index contributed by atoms with van der Waals surface area (Å²) in [6.07, 6.45) is 0.894. The number of nitrogen functional groups attached to an aromatic ring is 2. The summed E-state index contributed by atoms with van der Waals surface area (Å²) in [5.74, 6) is 3.03. The van der Waals surface area contributed by atoms with Crippen LogP contribution in [-0.2, 0) is 11.8 Å². The van der Waals surface area contributed by atoms with E-state index in [2.05, 4.69) is 72.8 Å². The van der Waals surface area contributed by atoms with Crippen molar-refractivity contribution in [1.29, 1.82) is 0 Å². The van der Waals surface area contributed by atoms with Crippen molar-refractivity contribution in [3.63, 3.8) is 0 Å². The number of hydrogen-bond donors (Lipinski definition) is 2. The maximum Gasteiger partial charge on any atom is 0.127 e. The van der Waals surface area contributed by atoms with Gasteiger partial charge in [0.1, 0.15) is 23.0 Å². The fourth-order valence-corrected chi connectivity index (χ4v) is 6.11. The van der Waals surface area contributed by atoms with E-state index in [0.717, 1.165) is 29.4 Å². The Labute approximate surface area is 245 Å². The standard InChI is InChI=1S/C38H30N2O2/c39-30-13-21-34(22-14-30)41-32-17-9-28(10-18-32)38(29-11-19-33(20-12-29)42-35-23-15-31(40)16-24-35)36-7-3-1-5-26(36)25-27-6-2-4-8-37(27)38/h1-24H,25,39-40H2. The molecule has 0 unspecified atom stereocenters. The van der Waals surface area contributed by atoms with Crippen LogP contribution in [0.1, 0.15) is 33.4 Å². The maximum absolute atomic E-state index is 6.15. The molecule has 6 aromatic rings. The Morgan fingerprint density at radius 2 is 0.738 bits per heavy atom. The van der Waals surface area contributed by atoms with Gasteiger partial charge in [-0.15, -0.1) is 0 Å². The van der Waals surface area contributed by atoms with Crippen LogP contribution in [-0.4, -0.2) is 0 Å². The fraction of sp³-hybridized carbons (Fsp3) is 0.0526. The van der Waals surface area contributed by atoms with Gasteiger partial charge in [-0.2, -0.15) is 0 Å². The lowest BCUT2D eigenvalue weighted by Crippen LogP contribution is -2.36. The molecule has 1 aliphatic carbocycles. The Hall–Kier alpha value is -5.48. The van der Waals surface area contributed by atoms with Crippen molar-refractivity contribution in [1.82, 2.24) is 0 Å². The Bertz CT molecular complexity index is 1700. The molecule has 4 heteroatoms. The Balaban J connectivity index is 1.35. The summed E-state index contributed by atoms with van der Waals surface area (Å²) >= 11 is 0. The molecule has 7 rings (SSSR count). The van der Waals surface area contributed by atoms with E-state index >= 15 is 0 Å². The number of ether oxygens (including phenoxy) is 2. The highest BCUT2D eigenvalue weighted by atomic mass is 16.5. The van der Waals surface area contributed by atoms with E-state index in [9.17, 15) is 0 Å². The van der Waals surface area contributed by atoms with Gasteiger partial charge in [0.2, 0.25) is 0 Å². The summed E-state index contributed by atoms with van der Waals surface area (Å²) in [5.41, 5.74) is 20.1. The summed E-state index contributed by atoms with van der Waals surface area (Å²) in [7, 11) is 0. The van der Waals surface area contributed by atoms with Gasteiger partial charge in [0.15, 0.2) is 0 Å². The van der Waals surface area contributed by atoms with Gasteiger partial charge in [0.05, 0.1) is 5.41 Å². The second-order valence-corrected chi connectivity index (χ2v) is 10.6. The summed E-state index contributed by atoms with van der Waals surface area (Å²) in [4.78, 5) is 0. The molecule has 0 aliphatic heterocycles. The smallest absolute Gasteiger partial charge is 0.127 e. The number of hydrogen-bond acceptors (Lipinski definition) is 4. The van der Waals surface area contributed by atoms with E-state index in [1.54, 1.807) is 0 Å². The largest absolute Gasteiger partial charge is 0.457 e. The summed E-state index contributed by atoms with van der Waals surface area (Å²) < 4.78 is 12.3. The second-order valence-electron chi connectivity index (χ2n) is 10.6. The van der Waals surface area contributed by atoms with Crippen molar-refractivity contribution in [3.05, 3.63) is 179 Å². The average Bonchev–Trinajstić information content (AvgIpc) is 3.03. The van der Waals surface area contributed by atoms with Gasteiger partial charge in [-0.1, -0.05) is 72.8 Å². The zero-order valence-electron chi connectivity index (χ0n) is 23.0. The molecule has 4 nitrogen and oxygen atoms in total. The summed E-state index contributed by atoms with van der Waals surface area (Å²) in [6.45, 7) is 0. The maximum atomic E-state index is 6.15. The Kier molecular flexibility index (Phi) is 6.37. The number of rotatable bonds is 6. The molecule has 0 aromatic heterocycles. The summed E-state index contributed by atoms with van der Waals surface area (Å²) in [6, 6.07) is 49.4. The monoisotopic (exact) mass is 546 g/mol. The molecule has 0 amide bonds. The highest BCUT2D eigenvalue weighted by Gasteiger charge is 2.43. The lowest BCUT2D eigenvalue weighted by Gasteiger charge is -2.42. The molecule has 0 saturated heterocycles. The van der Waals surface area contributed by atoms with E-state index in [1.807, 2.05) is 72.8 Å². The van der Waals surface area contributed by atoms with Crippen molar-refractivity contribution in [2.45, 2.75) is 11.8 Å². The number of fused-ring (bicyclic) bond motifs is 2. The van der Waals surface area contributed by atoms with Gasteiger partial charge >= 0.3 is 0 Å². The SMILES string of the molecule is Nc1ccc(Oc2ccc(C3(c4ccc(Oc5ccc(N)cc5)cc4)c4ccccc4Cc4ccccc43)cc2)cc1. The molecular weight excluding hydrogens is 516 g/mol. The highest BCUT2D eigenvalue weighted by molar-refractivity contribution is 5.67. The predicted molar refractivity (Wildman–Crippen MR) is 169 cm³/mol. The minimum atomic E-state index is -0.523. The normalized spacial score (nSPS) is 13.0. The molecule has 1 aliphatic rings. The van der Waals surface area contributed by atoms with Crippen LogP contribution < -0.4 is 20.9 Å². The minimum absolute atomic E-state index is 0.523. The van der Waals surface area contributed by atoms with Gasteiger partial charge in [-0.3, -0.25) is 0 Å². The molecule has 4 N–H and O–H groups in total. The first-order valence-corrected chi connectivity index (χ1v) is 14.0. The van der Waals surface area contributed by atoms with Gasteiger partial charge in [0.25, 0.3) is 0 Å².